The summed E-state index contributed by atoms with van der Waals surface area (Å²) in [6.45, 7) is 4.34. The number of benzene rings is 1. The number of unbranched alkanes of at least 4 members (excludes halogenated alkanes) is 1. The molecule has 27 heavy (non-hydrogen) atoms. The van der Waals surface area contributed by atoms with Gasteiger partial charge in [-0.1, -0.05) is 37.1 Å². The van der Waals surface area contributed by atoms with Crippen molar-refractivity contribution in [1.82, 2.24) is 9.80 Å². The molecule has 6 heteroatoms. The van der Waals surface area contributed by atoms with E-state index in [2.05, 4.69) is 47.0 Å². The summed E-state index contributed by atoms with van der Waals surface area (Å²) in [5.41, 5.74) is 7.06. The molecular weight excluding hydrogens is 363 g/mol. The van der Waals surface area contributed by atoms with Crippen LogP contribution in [0.15, 0.2) is 41.2 Å². The summed E-state index contributed by atoms with van der Waals surface area (Å²) in [4.78, 5) is 8.71. The molecule has 1 aliphatic heterocycles. The molecule has 146 valence electrons. The minimum Gasteiger partial charge on any atom is -0.383 e. The number of nitrogens with zero attached hydrogens (tertiary/aromatic N) is 3. The number of halogens is 2. The summed E-state index contributed by atoms with van der Waals surface area (Å²) < 4.78 is 14.8. The largest absolute Gasteiger partial charge is 0.383 e. The Morgan fingerprint density at radius 2 is 2.15 bits per heavy atom. The van der Waals surface area contributed by atoms with Crippen molar-refractivity contribution < 1.29 is 4.39 Å². The number of amidine groups is 1. The van der Waals surface area contributed by atoms with Gasteiger partial charge in [-0.2, -0.15) is 0 Å². The van der Waals surface area contributed by atoms with Crippen LogP contribution in [0.5, 0.6) is 0 Å². The van der Waals surface area contributed by atoms with Crippen LogP contribution < -0.4 is 5.73 Å². The normalized spacial score (nSPS) is 19.7. The molecule has 1 heterocycles. The zero-order valence-electron chi connectivity index (χ0n) is 16.1. The van der Waals surface area contributed by atoms with Crippen LogP contribution in [-0.2, 0) is 6.54 Å². The second kappa shape index (κ2) is 8.79. The molecular formula is C21H28ClFN4. The number of hydrogen-bond donors (Lipinski definition) is 1. The molecule has 0 bridgehead atoms. The monoisotopic (exact) mass is 390 g/mol. The highest BCUT2D eigenvalue weighted by molar-refractivity contribution is 6.31. The summed E-state index contributed by atoms with van der Waals surface area (Å²) in [7, 11) is 2.05. The standard InChI is InChI=1S/C21H28ClFN4/c1-3-4-5-6-7-20-26(2)10-11-27(20)14-17-18(22)12-15(13-19(17)23)21(24)25-16-8-9-16/h5-7,12-13,16H,3-4,8-11,14H2,1-2H3,(H2,24,25)/b6-5-,20-7+. The molecule has 1 aromatic carbocycles. The Morgan fingerprint density at radius 3 is 2.81 bits per heavy atom. The van der Waals surface area contributed by atoms with E-state index >= 15 is 0 Å². The maximum absolute atomic E-state index is 14.8. The number of likely N-dealkylation sites (N-methyl/N-ethyl adjacent to an activating group) is 1. The van der Waals surface area contributed by atoms with Gasteiger partial charge in [-0.3, -0.25) is 4.99 Å². The van der Waals surface area contributed by atoms with Gasteiger partial charge in [0.1, 0.15) is 17.5 Å². The van der Waals surface area contributed by atoms with Crippen molar-refractivity contribution in [1.29, 1.82) is 0 Å². The molecule has 0 atom stereocenters. The molecule has 1 aliphatic carbocycles. The van der Waals surface area contributed by atoms with E-state index in [1.54, 1.807) is 6.07 Å². The van der Waals surface area contributed by atoms with Crippen LogP contribution in [-0.4, -0.2) is 41.8 Å². The predicted octanol–water partition coefficient (Wildman–Crippen LogP) is 4.29. The Bertz CT molecular complexity index is 744. The molecule has 2 N–H and O–H groups in total. The summed E-state index contributed by atoms with van der Waals surface area (Å²) in [5, 5.41) is 0.398. The van der Waals surface area contributed by atoms with Gasteiger partial charge in [0.2, 0.25) is 0 Å². The molecule has 4 nitrogen and oxygen atoms in total. The van der Waals surface area contributed by atoms with E-state index in [-0.39, 0.29) is 5.82 Å². The molecule has 0 amide bonds. The van der Waals surface area contributed by atoms with E-state index < -0.39 is 0 Å². The smallest absolute Gasteiger partial charge is 0.130 e. The quantitative estimate of drug-likeness (QED) is 0.558. The molecule has 0 spiro atoms. The first kappa shape index (κ1) is 19.7. The lowest BCUT2D eigenvalue weighted by Gasteiger charge is -2.23. The van der Waals surface area contributed by atoms with Crippen LogP contribution in [0.2, 0.25) is 5.02 Å². The first-order valence-corrected chi connectivity index (χ1v) is 10.0. The third-order valence-electron chi connectivity index (χ3n) is 4.91. The van der Waals surface area contributed by atoms with Crippen LogP contribution in [0, 0.1) is 5.82 Å². The third kappa shape index (κ3) is 5.04. The zero-order valence-corrected chi connectivity index (χ0v) is 16.8. The lowest BCUT2D eigenvalue weighted by Crippen LogP contribution is -2.22. The lowest BCUT2D eigenvalue weighted by molar-refractivity contribution is 0.353. The summed E-state index contributed by atoms with van der Waals surface area (Å²) in [6.07, 6.45) is 10.6. The van der Waals surface area contributed by atoms with Crippen LogP contribution >= 0.6 is 11.6 Å². The number of allylic oxidation sites excluding steroid dienone is 3. The second-order valence-corrected chi connectivity index (χ2v) is 7.66. The fraction of sp³-hybridized carbons (Fsp3) is 0.476. The van der Waals surface area contributed by atoms with Crippen molar-refractivity contribution in [2.75, 3.05) is 20.1 Å². The van der Waals surface area contributed by atoms with E-state index in [1.807, 2.05) is 0 Å². The van der Waals surface area contributed by atoms with E-state index in [0.717, 1.165) is 44.6 Å². The van der Waals surface area contributed by atoms with Crippen molar-refractivity contribution in [2.45, 2.75) is 45.2 Å². The van der Waals surface area contributed by atoms with Gasteiger partial charge in [0.25, 0.3) is 0 Å². The number of rotatable bonds is 7. The number of hydrogen-bond acceptors (Lipinski definition) is 3. The topological polar surface area (TPSA) is 44.9 Å². The van der Waals surface area contributed by atoms with Crippen LogP contribution in [0.3, 0.4) is 0 Å². The lowest BCUT2D eigenvalue weighted by atomic mass is 10.1. The van der Waals surface area contributed by atoms with Gasteiger partial charge in [-0.05, 0) is 37.5 Å². The molecule has 1 saturated carbocycles. The highest BCUT2D eigenvalue weighted by Gasteiger charge is 2.24. The van der Waals surface area contributed by atoms with E-state index in [4.69, 9.17) is 17.3 Å². The summed E-state index contributed by atoms with van der Waals surface area (Å²) in [5.74, 6) is 1.12. The summed E-state index contributed by atoms with van der Waals surface area (Å²) >= 11 is 6.41. The Balaban J connectivity index is 1.78. The average molecular weight is 391 g/mol. The highest BCUT2D eigenvalue weighted by Crippen LogP contribution is 2.28. The number of aliphatic imine (C=N–C) groups is 1. The fourth-order valence-electron chi connectivity index (χ4n) is 3.12. The van der Waals surface area contributed by atoms with E-state index in [1.165, 1.54) is 6.07 Å². The molecule has 0 radical (unpaired) electrons. The van der Waals surface area contributed by atoms with E-state index in [9.17, 15) is 4.39 Å². The van der Waals surface area contributed by atoms with Crippen molar-refractivity contribution in [3.05, 3.63) is 58.1 Å². The van der Waals surface area contributed by atoms with Gasteiger partial charge in [0, 0.05) is 42.8 Å². The van der Waals surface area contributed by atoms with Gasteiger partial charge in [0.05, 0.1) is 6.04 Å². The molecule has 3 rings (SSSR count). The Labute approximate surface area is 166 Å². The molecule has 0 unspecified atom stereocenters. The van der Waals surface area contributed by atoms with Crippen LogP contribution in [0.4, 0.5) is 4.39 Å². The Hall–Kier alpha value is -2.01. The Morgan fingerprint density at radius 1 is 1.37 bits per heavy atom. The van der Waals surface area contributed by atoms with Crippen LogP contribution in [0.25, 0.3) is 0 Å². The molecule has 1 saturated heterocycles. The average Bonchev–Trinajstić information content (AvgIpc) is 3.38. The van der Waals surface area contributed by atoms with Crippen molar-refractivity contribution in [3.63, 3.8) is 0 Å². The molecule has 1 aromatic rings. The predicted molar refractivity (Wildman–Crippen MR) is 110 cm³/mol. The molecule has 0 aromatic heterocycles. The van der Waals surface area contributed by atoms with Gasteiger partial charge in [-0.15, -0.1) is 0 Å². The SMILES string of the molecule is CCC/C=C\C=C1/N(C)CCN1Cc1c(F)cc(C(N)=NC2CC2)cc1Cl. The number of nitrogens with two attached hydrogens (primary N) is 1. The molecule has 2 aliphatic rings. The van der Waals surface area contributed by atoms with Gasteiger partial charge in [0.15, 0.2) is 0 Å². The fourth-order valence-corrected chi connectivity index (χ4v) is 3.39. The van der Waals surface area contributed by atoms with Crippen molar-refractivity contribution in [3.8, 4) is 0 Å². The minimum atomic E-state index is -0.332. The second-order valence-electron chi connectivity index (χ2n) is 7.25. The van der Waals surface area contributed by atoms with Crippen molar-refractivity contribution >= 4 is 17.4 Å². The first-order chi connectivity index (χ1) is 13.0. The maximum Gasteiger partial charge on any atom is 0.130 e. The first-order valence-electron chi connectivity index (χ1n) is 9.64. The highest BCUT2D eigenvalue weighted by atomic mass is 35.5. The van der Waals surface area contributed by atoms with E-state index in [0.29, 0.717) is 34.6 Å². The van der Waals surface area contributed by atoms with Gasteiger partial charge >= 0.3 is 0 Å². The third-order valence-corrected chi connectivity index (χ3v) is 5.25. The van der Waals surface area contributed by atoms with Crippen molar-refractivity contribution in [2.24, 2.45) is 10.7 Å². The van der Waals surface area contributed by atoms with Gasteiger partial charge < -0.3 is 15.5 Å². The maximum atomic E-state index is 14.8. The summed E-state index contributed by atoms with van der Waals surface area (Å²) in [6, 6.07) is 3.47. The zero-order chi connectivity index (χ0) is 19.4. The van der Waals surface area contributed by atoms with Gasteiger partial charge in [-0.25, -0.2) is 4.39 Å². The molecule has 2 fully saturated rings. The van der Waals surface area contributed by atoms with Crippen LogP contribution in [0.1, 0.15) is 43.7 Å². The Kier molecular flexibility index (Phi) is 6.42. The minimum absolute atomic E-state index is 0.292.